The molecule has 1 unspecified atom stereocenters. The van der Waals surface area contributed by atoms with Crippen LogP contribution in [0.2, 0.25) is 0 Å². The second-order valence-corrected chi connectivity index (χ2v) is 7.48. The Morgan fingerprint density at radius 3 is 2.43 bits per heavy atom. The van der Waals surface area contributed by atoms with Gasteiger partial charge in [0.25, 0.3) is 0 Å². The Labute approximate surface area is 175 Å². The molecule has 0 radical (unpaired) electrons. The molecule has 30 heavy (non-hydrogen) atoms. The number of piperazine rings is 1. The van der Waals surface area contributed by atoms with Gasteiger partial charge in [-0.05, 0) is 23.3 Å². The van der Waals surface area contributed by atoms with E-state index in [1.54, 1.807) is 4.90 Å². The van der Waals surface area contributed by atoms with Crippen molar-refractivity contribution in [3.8, 4) is 11.5 Å². The molecule has 1 atom stereocenters. The van der Waals surface area contributed by atoms with Crippen molar-refractivity contribution in [3.63, 3.8) is 0 Å². The highest BCUT2D eigenvalue weighted by atomic mass is 16.7. The van der Waals surface area contributed by atoms with Crippen LogP contribution in [0.15, 0.2) is 48.5 Å². The number of nitrogens with zero attached hydrogens (tertiary/aromatic N) is 2. The number of nitrogens with one attached hydrogen (secondary N) is 1. The Balaban J connectivity index is 1.27. The van der Waals surface area contributed by atoms with Gasteiger partial charge in [0, 0.05) is 39.1 Å². The summed E-state index contributed by atoms with van der Waals surface area (Å²) >= 11 is 0. The molecule has 0 aromatic heterocycles. The van der Waals surface area contributed by atoms with Gasteiger partial charge < -0.3 is 24.8 Å². The monoisotopic (exact) mass is 411 g/mol. The normalized spacial score (nSPS) is 16.9. The highest BCUT2D eigenvalue weighted by molar-refractivity contribution is 5.82. The lowest BCUT2D eigenvalue weighted by molar-refractivity contribution is -0.139. The fraction of sp³-hybridized carbons (Fsp3) is 0.364. The Bertz CT molecular complexity index is 897. The predicted molar refractivity (Wildman–Crippen MR) is 110 cm³/mol. The van der Waals surface area contributed by atoms with Gasteiger partial charge in [-0.3, -0.25) is 4.90 Å². The molecule has 8 heteroatoms. The summed E-state index contributed by atoms with van der Waals surface area (Å²) in [5.41, 5.74) is 2.00. The first-order chi connectivity index (χ1) is 14.6. The summed E-state index contributed by atoms with van der Waals surface area (Å²) < 4.78 is 10.8. The van der Waals surface area contributed by atoms with Gasteiger partial charge in [-0.25, -0.2) is 9.59 Å². The number of aliphatic carboxylic acids is 1. The number of amides is 2. The molecular weight excluding hydrogens is 386 g/mol. The van der Waals surface area contributed by atoms with Crippen molar-refractivity contribution in [3.05, 3.63) is 59.7 Å². The Morgan fingerprint density at radius 2 is 1.70 bits per heavy atom. The van der Waals surface area contributed by atoms with Gasteiger partial charge in [0.15, 0.2) is 11.5 Å². The van der Waals surface area contributed by atoms with Gasteiger partial charge in [-0.1, -0.05) is 36.4 Å². The topological polar surface area (TPSA) is 91.3 Å². The number of benzene rings is 2. The fourth-order valence-electron chi connectivity index (χ4n) is 3.70. The molecule has 4 rings (SSSR count). The lowest BCUT2D eigenvalue weighted by Gasteiger charge is -2.35. The maximum atomic E-state index is 12.6. The molecule has 0 spiro atoms. The maximum Gasteiger partial charge on any atom is 0.326 e. The Kier molecular flexibility index (Phi) is 6.04. The Morgan fingerprint density at radius 1 is 0.967 bits per heavy atom. The summed E-state index contributed by atoms with van der Waals surface area (Å²) in [7, 11) is 0. The molecule has 2 aromatic rings. The molecule has 8 nitrogen and oxygen atoms in total. The zero-order valence-electron chi connectivity index (χ0n) is 16.6. The standard InChI is InChI=1S/C22H25N3O5/c26-21(27)18(12-16-4-2-1-3-5-16)23-22(28)25-10-8-24(9-11-25)14-17-6-7-19-20(13-17)30-15-29-19/h1-7,13,18H,8-12,14-15H2,(H,23,28)(H,26,27). The minimum Gasteiger partial charge on any atom is -0.480 e. The molecule has 2 aliphatic heterocycles. The number of rotatable bonds is 6. The van der Waals surface area contributed by atoms with E-state index < -0.39 is 12.0 Å². The fourth-order valence-corrected chi connectivity index (χ4v) is 3.70. The lowest BCUT2D eigenvalue weighted by Crippen LogP contribution is -2.54. The van der Waals surface area contributed by atoms with Gasteiger partial charge in [0.2, 0.25) is 6.79 Å². The van der Waals surface area contributed by atoms with E-state index in [1.807, 2.05) is 48.5 Å². The second kappa shape index (κ2) is 9.04. The van der Waals surface area contributed by atoms with E-state index >= 15 is 0 Å². The smallest absolute Gasteiger partial charge is 0.326 e. The minimum absolute atomic E-state index is 0.256. The number of fused-ring (bicyclic) bond motifs is 1. The largest absolute Gasteiger partial charge is 0.480 e. The van der Waals surface area contributed by atoms with Gasteiger partial charge in [0.05, 0.1) is 0 Å². The van der Waals surface area contributed by atoms with Crippen molar-refractivity contribution in [2.75, 3.05) is 33.0 Å². The van der Waals surface area contributed by atoms with E-state index in [2.05, 4.69) is 10.2 Å². The molecule has 2 amide bonds. The number of urea groups is 1. The molecule has 0 aliphatic carbocycles. The average molecular weight is 411 g/mol. The van der Waals surface area contributed by atoms with Gasteiger partial charge in [-0.2, -0.15) is 0 Å². The van der Waals surface area contributed by atoms with E-state index in [1.165, 1.54) is 0 Å². The third kappa shape index (κ3) is 4.83. The van der Waals surface area contributed by atoms with Crippen molar-refractivity contribution in [1.82, 2.24) is 15.1 Å². The molecule has 1 saturated heterocycles. The number of carbonyl (C=O) groups is 2. The SMILES string of the molecule is O=C(O)C(Cc1ccccc1)NC(=O)N1CCN(Cc2ccc3c(c2)OCO3)CC1. The van der Waals surface area contributed by atoms with Crippen molar-refractivity contribution in [2.45, 2.75) is 19.0 Å². The average Bonchev–Trinajstić information content (AvgIpc) is 3.22. The molecule has 0 bridgehead atoms. The summed E-state index contributed by atoms with van der Waals surface area (Å²) in [5, 5.41) is 12.2. The summed E-state index contributed by atoms with van der Waals surface area (Å²) in [6.07, 6.45) is 0.256. The summed E-state index contributed by atoms with van der Waals surface area (Å²) in [6, 6.07) is 13.9. The van der Waals surface area contributed by atoms with Crippen LogP contribution in [-0.4, -0.2) is 65.9 Å². The minimum atomic E-state index is -1.03. The van der Waals surface area contributed by atoms with Crippen LogP contribution in [0.4, 0.5) is 4.79 Å². The zero-order valence-corrected chi connectivity index (χ0v) is 16.6. The lowest BCUT2D eigenvalue weighted by atomic mass is 10.1. The van der Waals surface area contributed by atoms with Crippen LogP contribution in [0.5, 0.6) is 11.5 Å². The summed E-state index contributed by atoms with van der Waals surface area (Å²) in [4.78, 5) is 28.1. The molecule has 158 valence electrons. The molecular formula is C22H25N3O5. The first kappa shape index (κ1) is 20.0. The number of hydrogen-bond donors (Lipinski definition) is 2. The molecule has 2 aromatic carbocycles. The molecule has 2 aliphatic rings. The molecule has 2 N–H and O–H groups in total. The van der Waals surface area contributed by atoms with Crippen LogP contribution in [-0.2, 0) is 17.8 Å². The summed E-state index contributed by atoms with van der Waals surface area (Å²) in [5.74, 6) is 0.501. The van der Waals surface area contributed by atoms with Crippen LogP contribution >= 0.6 is 0 Å². The quantitative estimate of drug-likeness (QED) is 0.755. The van der Waals surface area contributed by atoms with E-state index in [0.29, 0.717) is 13.1 Å². The molecule has 2 heterocycles. The van der Waals surface area contributed by atoms with Crippen molar-refractivity contribution in [2.24, 2.45) is 0 Å². The van der Waals surface area contributed by atoms with Crippen LogP contribution in [0.3, 0.4) is 0 Å². The van der Waals surface area contributed by atoms with Crippen molar-refractivity contribution < 1.29 is 24.2 Å². The first-order valence-corrected chi connectivity index (χ1v) is 10.0. The van der Waals surface area contributed by atoms with Gasteiger partial charge in [0.1, 0.15) is 6.04 Å². The van der Waals surface area contributed by atoms with Crippen LogP contribution in [0.1, 0.15) is 11.1 Å². The van der Waals surface area contributed by atoms with Crippen molar-refractivity contribution >= 4 is 12.0 Å². The Hall–Kier alpha value is -3.26. The molecule has 0 saturated carbocycles. The highest BCUT2D eigenvalue weighted by Crippen LogP contribution is 2.32. The number of ether oxygens (including phenoxy) is 2. The third-order valence-electron chi connectivity index (χ3n) is 5.38. The number of carboxylic acids is 1. The third-order valence-corrected chi connectivity index (χ3v) is 5.38. The van der Waals surface area contributed by atoms with Crippen LogP contribution in [0, 0.1) is 0 Å². The van der Waals surface area contributed by atoms with E-state index in [9.17, 15) is 14.7 Å². The van der Waals surface area contributed by atoms with E-state index in [4.69, 9.17) is 9.47 Å². The zero-order chi connectivity index (χ0) is 20.9. The van der Waals surface area contributed by atoms with Gasteiger partial charge in [-0.15, -0.1) is 0 Å². The molecule has 1 fully saturated rings. The number of hydrogen-bond acceptors (Lipinski definition) is 5. The number of carboxylic acid groups (broad SMARTS) is 1. The highest BCUT2D eigenvalue weighted by Gasteiger charge is 2.26. The predicted octanol–water partition coefficient (Wildman–Crippen LogP) is 1.94. The van der Waals surface area contributed by atoms with Crippen LogP contribution in [0.25, 0.3) is 0 Å². The second-order valence-electron chi connectivity index (χ2n) is 7.48. The van der Waals surface area contributed by atoms with E-state index in [0.717, 1.165) is 42.3 Å². The van der Waals surface area contributed by atoms with Gasteiger partial charge >= 0.3 is 12.0 Å². The number of carbonyl (C=O) groups excluding carboxylic acids is 1. The maximum absolute atomic E-state index is 12.6. The van der Waals surface area contributed by atoms with E-state index in [-0.39, 0.29) is 19.2 Å². The van der Waals surface area contributed by atoms with Crippen molar-refractivity contribution in [1.29, 1.82) is 0 Å². The van der Waals surface area contributed by atoms with Crippen LogP contribution < -0.4 is 14.8 Å². The first-order valence-electron chi connectivity index (χ1n) is 10.0. The summed E-state index contributed by atoms with van der Waals surface area (Å²) in [6.45, 7) is 3.56.